The molecule has 2 heterocycles. The van der Waals surface area contributed by atoms with Gasteiger partial charge in [0.1, 0.15) is 5.75 Å². The van der Waals surface area contributed by atoms with Crippen molar-refractivity contribution in [1.82, 2.24) is 14.9 Å². The van der Waals surface area contributed by atoms with Gasteiger partial charge >= 0.3 is 0 Å². The Kier molecular flexibility index (Phi) is 9.46. The van der Waals surface area contributed by atoms with Crippen molar-refractivity contribution in [2.45, 2.75) is 13.0 Å². The summed E-state index contributed by atoms with van der Waals surface area (Å²) in [4.78, 5) is 36.2. The number of nitrogens with zero attached hydrogens (tertiary/aromatic N) is 3. The summed E-state index contributed by atoms with van der Waals surface area (Å²) in [5.41, 5.74) is 4.50. The Morgan fingerprint density at radius 1 is 1.05 bits per heavy atom. The van der Waals surface area contributed by atoms with E-state index in [1.54, 1.807) is 30.5 Å². The maximum Gasteiger partial charge on any atom is 0.255 e. The maximum atomic E-state index is 13.2. The van der Waals surface area contributed by atoms with Crippen LogP contribution in [0.25, 0.3) is 11.3 Å². The van der Waals surface area contributed by atoms with Gasteiger partial charge in [-0.15, -0.1) is 0 Å². The van der Waals surface area contributed by atoms with Crippen LogP contribution in [0.3, 0.4) is 0 Å². The molecular formula is C33H31ClN6O3. The lowest BCUT2D eigenvalue weighted by Crippen LogP contribution is -2.18. The van der Waals surface area contributed by atoms with Gasteiger partial charge in [0, 0.05) is 41.3 Å². The number of anilines is 4. The van der Waals surface area contributed by atoms with Crippen molar-refractivity contribution in [3.63, 3.8) is 0 Å². The van der Waals surface area contributed by atoms with Gasteiger partial charge in [0.15, 0.2) is 0 Å². The van der Waals surface area contributed by atoms with E-state index in [4.69, 9.17) is 21.3 Å². The van der Waals surface area contributed by atoms with Crippen LogP contribution in [-0.2, 0) is 11.3 Å². The van der Waals surface area contributed by atoms with Crippen LogP contribution >= 0.6 is 11.6 Å². The third kappa shape index (κ3) is 8.06. The molecule has 0 spiro atoms. The van der Waals surface area contributed by atoms with E-state index in [-0.39, 0.29) is 11.8 Å². The Labute approximate surface area is 255 Å². The molecule has 4 aromatic rings. The first kappa shape index (κ1) is 29.5. The molecule has 1 aromatic heterocycles. The highest BCUT2D eigenvalue weighted by atomic mass is 35.5. The number of amides is 2. The van der Waals surface area contributed by atoms with Crippen LogP contribution in [0.1, 0.15) is 22.3 Å². The molecule has 0 aliphatic carbocycles. The smallest absolute Gasteiger partial charge is 0.255 e. The Morgan fingerprint density at radius 2 is 1.91 bits per heavy atom. The van der Waals surface area contributed by atoms with Crippen LogP contribution in [-0.4, -0.2) is 46.9 Å². The third-order valence-corrected chi connectivity index (χ3v) is 6.80. The van der Waals surface area contributed by atoms with Gasteiger partial charge < -0.3 is 20.7 Å². The molecule has 1 aliphatic heterocycles. The summed E-state index contributed by atoms with van der Waals surface area (Å²) in [5, 5.41) is 9.35. The summed E-state index contributed by atoms with van der Waals surface area (Å²) in [7, 11) is 2.03. The predicted octanol–water partition coefficient (Wildman–Crippen LogP) is 6.69. The first-order valence-corrected chi connectivity index (χ1v) is 14.1. The molecule has 0 atom stereocenters. The minimum absolute atomic E-state index is 0.323. The first-order valence-electron chi connectivity index (χ1n) is 13.7. The van der Waals surface area contributed by atoms with Gasteiger partial charge in [0.2, 0.25) is 11.9 Å². The van der Waals surface area contributed by atoms with Crippen LogP contribution < -0.4 is 20.7 Å². The van der Waals surface area contributed by atoms with E-state index in [0.717, 1.165) is 29.8 Å². The van der Waals surface area contributed by atoms with Crippen molar-refractivity contribution in [1.29, 1.82) is 0 Å². The fourth-order valence-electron chi connectivity index (χ4n) is 4.55. The van der Waals surface area contributed by atoms with E-state index in [0.29, 0.717) is 52.4 Å². The average molecular weight is 595 g/mol. The summed E-state index contributed by atoms with van der Waals surface area (Å²) < 4.78 is 5.95. The monoisotopic (exact) mass is 594 g/mol. The van der Waals surface area contributed by atoms with Gasteiger partial charge in [0.05, 0.1) is 23.5 Å². The minimum atomic E-state index is -0.356. The largest absolute Gasteiger partial charge is 0.493 e. The molecule has 0 unspecified atom stereocenters. The number of aromatic nitrogens is 2. The molecule has 0 fully saturated rings. The summed E-state index contributed by atoms with van der Waals surface area (Å²) in [6.07, 6.45) is 7.72. The van der Waals surface area contributed by atoms with Crippen LogP contribution in [0.2, 0.25) is 5.02 Å². The van der Waals surface area contributed by atoms with Gasteiger partial charge in [-0.25, -0.2) is 9.97 Å². The lowest BCUT2D eigenvalue weighted by molar-refractivity contribution is -0.111. The molecule has 5 rings (SSSR count). The lowest BCUT2D eigenvalue weighted by atomic mass is 10.1. The number of rotatable bonds is 4. The van der Waals surface area contributed by atoms with Crippen molar-refractivity contribution in [3.8, 4) is 17.0 Å². The number of carbonyl (C=O) groups is 2. The van der Waals surface area contributed by atoms with Crippen LogP contribution in [0.5, 0.6) is 5.75 Å². The van der Waals surface area contributed by atoms with Crippen molar-refractivity contribution in [2.24, 2.45) is 0 Å². The fraction of sp³-hybridized carbons (Fsp3) is 0.152. The summed E-state index contributed by atoms with van der Waals surface area (Å²) in [6.45, 7) is 5.37. The zero-order chi connectivity index (χ0) is 30.2. The zero-order valence-electron chi connectivity index (χ0n) is 23.6. The van der Waals surface area contributed by atoms with Crippen LogP contribution in [0.4, 0.5) is 23.0 Å². The van der Waals surface area contributed by atoms with Crippen LogP contribution in [0, 0.1) is 0 Å². The standard InChI is InChI=1S/C33H31ClN6O3/c1-3-30(41)36-25-11-7-10-24(17-25)32(42)37-26-15-22-16-27(19-26)38-33-35-20-29(34)31(39-33)23-9-8-12-28(18-23)43-14-6-4-5-13-40(2)21-22/h3-5,7-12,15-20H,1,6,13-14,21H2,2H3,(H,36,41)(H,37,42)(H,35,38,39)/b5-4+. The molecule has 3 aromatic carbocycles. The molecule has 6 bridgehead atoms. The van der Waals surface area contributed by atoms with Gasteiger partial charge in [-0.1, -0.05) is 48.5 Å². The minimum Gasteiger partial charge on any atom is -0.493 e. The lowest BCUT2D eigenvalue weighted by Gasteiger charge is -2.18. The third-order valence-electron chi connectivity index (χ3n) is 6.53. The number of benzene rings is 3. The van der Waals surface area contributed by atoms with E-state index in [9.17, 15) is 9.59 Å². The molecule has 9 nitrogen and oxygen atoms in total. The Bertz CT molecular complexity index is 1690. The summed E-state index contributed by atoms with van der Waals surface area (Å²) >= 11 is 6.51. The van der Waals surface area contributed by atoms with Crippen molar-refractivity contribution in [2.75, 3.05) is 36.1 Å². The number of hydrogen-bond donors (Lipinski definition) is 3. The van der Waals surface area contributed by atoms with Crippen molar-refractivity contribution in [3.05, 3.63) is 114 Å². The molecule has 43 heavy (non-hydrogen) atoms. The number of halogens is 1. The Morgan fingerprint density at radius 3 is 2.77 bits per heavy atom. The van der Waals surface area contributed by atoms with Crippen molar-refractivity contribution >= 4 is 46.4 Å². The Balaban J connectivity index is 1.47. The van der Waals surface area contributed by atoms with E-state index in [2.05, 4.69) is 44.6 Å². The topological polar surface area (TPSA) is 108 Å². The molecule has 10 heteroatoms. The number of ether oxygens (including phenoxy) is 1. The molecule has 0 saturated carbocycles. The Hall–Kier alpha value is -4.99. The molecule has 2 amide bonds. The number of nitrogens with one attached hydrogen (secondary N) is 3. The summed E-state index contributed by atoms with van der Waals surface area (Å²) in [6, 6.07) is 20.1. The number of carbonyl (C=O) groups excluding carboxylic acids is 2. The SMILES string of the molecule is C=CC(=O)Nc1cccc(C(=O)Nc2cc3cc(c2)Nc2ncc(Cl)c(n2)-c2cccc(c2)OCC/C=C/CN(C)C3)c1. The number of likely N-dealkylation sites (N-methyl/N-ethyl adjacent to an activating group) is 1. The molecule has 218 valence electrons. The normalized spacial score (nSPS) is 14.2. The quantitative estimate of drug-likeness (QED) is 0.178. The highest BCUT2D eigenvalue weighted by Crippen LogP contribution is 2.30. The second kappa shape index (κ2) is 13.8. The van der Waals surface area contributed by atoms with Gasteiger partial charge in [-0.05, 0) is 73.6 Å². The van der Waals surface area contributed by atoms with Gasteiger partial charge in [-0.3, -0.25) is 14.5 Å². The maximum absolute atomic E-state index is 13.2. The van der Waals surface area contributed by atoms with Crippen molar-refractivity contribution < 1.29 is 14.3 Å². The fourth-order valence-corrected chi connectivity index (χ4v) is 4.75. The predicted molar refractivity (Wildman–Crippen MR) is 171 cm³/mol. The first-order chi connectivity index (χ1) is 20.9. The zero-order valence-corrected chi connectivity index (χ0v) is 24.4. The highest BCUT2D eigenvalue weighted by molar-refractivity contribution is 6.32. The van der Waals surface area contributed by atoms with Crippen LogP contribution in [0.15, 0.2) is 97.7 Å². The number of hydrogen-bond acceptors (Lipinski definition) is 7. The molecule has 3 N–H and O–H groups in total. The van der Waals surface area contributed by atoms with Gasteiger partial charge in [0.25, 0.3) is 5.91 Å². The molecular weight excluding hydrogens is 564 g/mol. The average Bonchev–Trinajstić information content (AvgIpc) is 2.99. The second-order valence-electron chi connectivity index (χ2n) is 10.00. The molecule has 0 radical (unpaired) electrons. The van der Waals surface area contributed by atoms with Gasteiger partial charge in [-0.2, -0.15) is 0 Å². The summed E-state index contributed by atoms with van der Waals surface area (Å²) in [5.74, 6) is 0.402. The van der Waals surface area contributed by atoms with E-state index >= 15 is 0 Å². The molecule has 0 saturated heterocycles. The highest BCUT2D eigenvalue weighted by Gasteiger charge is 2.13. The number of fused-ring (bicyclic) bond motifs is 7. The van der Waals surface area contributed by atoms with E-state index in [1.165, 1.54) is 6.08 Å². The van der Waals surface area contributed by atoms with E-state index in [1.807, 2.05) is 49.5 Å². The second-order valence-corrected chi connectivity index (χ2v) is 10.4. The van der Waals surface area contributed by atoms with E-state index < -0.39 is 0 Å². The molecule has 1 aliphatic rings.